The maximum Gasteiger partial charge on any atom is 0.227 e. The number of rotatable bonds is 13. The van der Waals surface area contributed by atoms with Crippen LogP contribution >= 0.6 is 0 Å². The summed E-state index contributed by atoms with van der Waals surface area (Å²) >= 11 is 0. The molecule has 0 saturated heterocycles. The number of benzene rings is 2. The largest absolute Gasteiger partial charge is 0.438 e. The van der Waals surface area contributed by atoms with Gasteiger partial charge in [-0.2, -0.15) is 5.10 Å². The fourth-order valence-electron chi connectivity index (χ4n) is 3.68. The SMILES string of the molecule is C=CCOC[C@@H](O)CN(Cc1c(C)nn(-c2ccccc2)c1Oc1cccc(F)c1)[C@@H](C)CC. The quantitative estimate of drug-likeness (QED) is 0.274. The Balaban J connectivity index is 1.96. The summed E-state index contributed by atoms with van der Waals surface area (Å²) < 4.78 is 27.3. The third kappa shape index (κ3) is 6.76. The highest BCUT2D eigenvalue weighted by Gasteiger charge is 2.24. The summed E-state index contributed by atoms with van der Waals surface area (Å²) in [7, 11) is 0. The predicted octanol–water partition coefficient (Wildman–Crippen LogP) is 5.28. The van der Waals surface area contributed by atoms with Gasteiger partial charge in [-0.1, -0.05) is 37.3 Å². The first kappa shape index (κ1) is 25.6. The average Bonchev–Trinajstić information content (AvgIpc) is 3.13. The van der Waals surface area contributed by atoms with Crippen LogP contribution in [0.5, 0.6) is 11.6 Å². The summed E-state index contributed by atoms with van der Waals surface area (Å²) in [4.78, 5) is 2.19. The molecule has 2 atom stereocenters. The van der Waals surface area contributed by atoms with E-state index >= 15 is 0 Å². The van der Waals surface area contributed by atoms with Crippen molar-refractivity contribution in [3.63, 3.8) is 0 Å². The van der Waals surface area contributed by atoms with Gasteiger partial charge in [0.15, 0.2) is 0 Å². The van der Waals surface area contributed by atoms with Crippen LogP contribution in [0.15, 0.2) is 67.3 Å². The van der Waals surface area contributed by atoms with Gasteiger partial charge in [0.1, 0.15) is 11.6 Å². The zero-order chi connectivity index (χ0) is 24.5. The highest BCUT2D eigenvalue weighted by molar-refractivity contribution is 5.43. The van der Waals surface area contributed by atoms with E-state index < -0.39 is 6.10 Å². The Morgan fingerprint density at radius 3 is 2.65 bits per heavy atom. The van der Waals surface area contributed by atoms with Crippen molar-refractivity contribution in [1.82, 2.24) is 14.7 Å². The summed E-state index contributed by atoms with van der Waals surface area (Å²) in [5, 5.41) is 15.3. The number of ether oxygens (including phenoxy) is 2. The smallest absolute Gasteiger partial charge is 0.227 e. The molecule has 7 heteroatoms. The molecule has 1 heterocycles. The summed E-state index contributed by atoms with van der Waals surface area (Å²) in [6, 6.07) is 16.0. The molecule has 0 fully saturated rings. The van der Waals surface area contributed by atoms with Gasteiger partial charge in [-0.3, -0.25) is 4.90 Å². The van der Waals surface area contributed by atoms with E-state index in [-0.39, 0.29) is 18.5 Å². The van der Waals surface area contributed by atoms with Crippen molar-refractivity contribution in [2.24, 2.45) is 0 Å². The molecule has 0 bridgehead atoms. The lowest BCUT2D eigenvalue weighted by atomic mass is 10.1. The number of hydrogen-bond donors (Lipinski definition) is 1. The van der Waals surface area contributed by atoms with Gasteiger partial charge in [0.2, 0.25) is 5.88 Å². The summed E-state index contributed by atoms with van der Waals surface area (Å²) in [6.07, 6.45) is 1.92. The van der Waals surface area contributed by atoms with E-state index in [0.29, 0.717) is 31.3 Å². The van der Waals surface area contributed by atoms with Crippen molar-refractivity contribution in [3.8, 4) is 17.3 Å². The first-order chi connectivity index (χ1) is 16.4. The van der Waals surface area contributed by atoms with Crippen LogP contribution in [0.2, 0.25) is 0 Å². The Labute approximate surface area is 201 Å². The normalized spacial score (nSPS) is 13.1. The standard InChI is InChI=1S/C27H34FN3O3/c1-5-15-33-19-24(32)17-30(20(3)6-2)18-26-21(4)29-31(23-12-8-7-9-13-23)27(26)34-25-14-10-11-22(28)16-25/h5,7-14,16,20,24,32H,1,6,15,17-19H2,2-4H3/t20-,24-/m0/s1. The molecule has 6 nitrogen and oxygen atoms in total. The van der Waals surface area contributed by atoms with Crippen LogP contribution in [0.4, 0.5) is 4.39 Å². The van der Waals surface area contributed by atoms with Crippen molar-refractivity contribution < 1.29 is 19.0 Å². The fraction of sp³-hybridized carbons (Fsp3) is 0.370. The van der Waals surface area contributed by atoms with Gasteiger partial charge in [0.25, 0.3) is 0 Å². The molecular formula is C27H34FN3O3. The number of para-hydroxylation sites is 1. The highest BCUT2D eigenvalue weighted by Crippen LogP contribution is 2.32. The molecule has 0 saturated carbocycles. The molecule has 0 aliphatic carbocycles. The number of nitrogens with zero attached hydrogens (tertiary/aromatic N) is 3. The third-order valence-corrected chi connectivity index (χ3v) is 5.72. The molecule has 3 aromatic rings. The minimum Gasteiger partial charge on any atom is -0.438 e. The molecule has 0 aliphatic heterocycles. The van der Waals surface area contributed by atoms with E-state index in [9.17, 15) is 9.50 Å². The second-order valence-electron chi connectivity index (χ2n) is 8.34. The number of halogens is 1. The van der Waals surface area contributed by atoms with E-state index in [4.69, 9.17) is 14.6 Å². The molecule has 0 amide bonds. The lowest BCUT2D eigenvalue weighted by Crippen LogP contribution is -2.40. The second kappa shape index (κ2) is 12.5. The molecule has 182 valence electrons. The van der Waals surface area contributed by atoms with Crippen LogP contribution in [-0.4, -0.2) is 51.7 Å². The number of aryl methyl sites for hydroxylation is 1. The average molecular weight is 468 g/mol. The maximum absolute atomic E-state index is 13.9. The van der Waals surface area contributed by atoms with E-state index in [0.717, 1.165) is 23.4 Å². The molecule has 1 aromatic heterocycles. The monoisotopic (exact) mass is 467 g/mol. The zero-order valence-electron chi connectivity index (χ0n) is 20.2. The molecule has 0 aliphatic rings. The van der Waals surface area contributed by atoms with Gasteiger partial charge in [-0.25, -0.2) is 9.07 Å². The maximum atomic E-state index is 13.9. The van der Waals surface area contributed by atoms with E-state index in [1.54, 1.807) is 22.9 Å². The molecule has 0 unspecified atom stereocenters. The molecule has 0 spiro atoms. The Bertz CT molecular complexity index is 1050. The van der Waals surface area contributed by atoms with Crippen molar-refractivity contribution in [1.29, 1.82) is 0 Å². The van der Waals surface area contributed by atoms with Gasteiger partial charge >= 0.3 is 0 Å². The van der Waals surface area contributed by atoms with Crippen molar-refractivity contribution >= 4 is 0 Å². The molecule has 0 radical (unpaired) electrons. The first-order valence-corrected chi connectivity index (χ1v) is 11.6. The van der Waals surface area contributed by atoms with Crippen molar-refractivity contribution in [2.45, 2.75) is 45.9 Å². The lowest BCUT2D eigenvalue weighted by Gasteiger charge is -2.30. The van der Waals surface area contributed by atoms with Crippen LogP contribution in [-0.2, 0) is 11.3 Å². The van der Waals surface area contributed by atoms with Crippen LogP contribution in [0, 0.1) is 12.7 Å². The topological polar surface area (TPSA) is 59.8 Å². The molecule has 3 rings (SSSR count). The number of aliphatic hydroxyl groups excluding tert-OH is 1. The van der Waals surface area contributed by atoms with Crippen molar-refractivity contribution in [2.75, 3.05) is 19.8 Å². The Kier molecular flexibility index (Phi) is 9.39. The zero-order valence-corrected chi connectivity index (χ0v) is 20.2. The molecular weight excluding hydrogens is 433 g/mol. The van der Waals surface area contributed by atoms with Gasteiger partial charge < -0.3 is 14.6 Å². The molecule has 1 N–H and O–H groups in total. The van der Waals surface area contributed by atoms with E-state index in [1.165, 1.54) is 12.1 Å². The van der Waals surface area contributed by atoms with Crippen LogP contribution in [0.1, 0.15) is 31.5 Å². The summed E-state index contributed by atoms with van der Waals surface area (Å²) in [6.45, 7) is 11.4. The second-order valence-corrected chi connectivity index (χ2v) is 8.34. The predicted molar refractivity (Wildman–Crippen MR) is 132 cm³/mol. The molecule has 34 heavy (non-hydrogen) atoms. The van der Waals surface area contributed by atoms with Crippen molar-refractivity contribution in [3.05, 3.63) is 84.3 Å². The number of aliphatic hydroxyl groups is 1. The number of hydrogen-bond acceptors (Lipinski definition) is 5. The Morgan fingerprint density at radius 1 is 1.21 bits per heavy atom. The van der Waals surface area contributed by atoms with Crippen LogP contribution < -0.4 is 4.74 Å². The lowest BCUT2D eigenvalue weighted by molar-refractivity contribution is 0.0155. The van der Waals surface area contributed by atoms with Gasteiger partial charge in [-0.15, -0.1) is 6.58 Å². The highest BCUT2D eigenvalue weighted by atomic mass is 19.1. The van der Waals surface area contributed by atoms with E-state index in [2.05, 4.69) is 25.3 Å². The number of aromatic nitrogens is 2. The van der Waals surface area contributed by atoms with Crippen LogP contribution in [0.3, 0.4) is 0 Å². The Morgan fingerprint density at radius 2 is 1.97 bits per heavy atom. The minimum absolute atomic E-state index is 0.204. The van der Waals surface area contributed by atoms with Crippen LogP contribution in [0.25, 0.3) is 5.69 Å². The molecule has 2 aromatic carbocycles. The van der Waals surface area contributed by atoms with Gasteiger partial charge in [-0.05, 0) is 44.5 Å². The summed E-state index contributed by atoms with van der Waals surface area (Å²) in [5.41, 5.74) is 2.53. The fourth-order valence-corrected chi connectivity index (χ4v) is 3.68. The van der Waals surface area contributed by atoms with Gasteiger partial charge in [0.05, 0.1) is 36.3 Å². The first-order valence-electron chi connectivity index (χ1n) is 11.6. The summed E-state index contributed by atoms with van der Waals surface area (Å²) in [5.74, 6) is 0.553. The minimum atomic E-state index is -0.647. The Hall–Kier alpha value is -3.00. The van der Waals surface area contributed by atoms with E-state index in [1.807, 2.05) is 37.3 Å². The third-order valence-electron chi connectivity index (χ3n) is 5.72. The van der Waals surface area contributed by atoms with Gasteiger partial charge in [0, 0.05) is 25.2 Å².